The summed E-state index contributed by atoms with van der Waals surface area (Å²) in [6.45, 7) is -0.666. The molecule has 0 spiro atoms. The third-order valence-corrected chi connectivity index (χ3v) is 1.90. The van der Waals surface area contributed by atoms with Gasteiger partial charge in [-0.15, -0.1) is 0 Å². The SMILES string of the molecule is Nc1c(OCC(F)F)ccnc1Br. The second-order valence-corrected chi connectivity index (χ2v) is 2.97. The molecule has 1 heterocycles. The van der Waals surface area contributed by atoms with Gasteiger partial charge in [0, 0.05) is 12.3 Å². The molecule has 0 aliphatic rings. The zero-order valence-electron chi connectivity index (χ0n) is 6.51. The Labute approximate surface area is 82.0 Å². The summed E-state index contributed by atoms with van der Waals surface area (Å²) in [7, 11) is 0. The number of aromatic nitrogens is 1. The van der Waals surface area contributed by atoms with Gasteiger partial charge in [-0.2, -0.15) is 0 Å². The Hall–Kier alpha value is -0.910. The van der Waals surface area contributed by atoms with E-state index in [2.05, 4.69) is 20.9 Å². The first-order valence-electron chi connectivity index (χ1n) is 3.42. The number of nitrogen functional groups attached to an aromatic ring is 1. The van der Waals surface area contributed by atoms with Crippen LogP contribution in [0.15, 0.2) is 16.9 Å². The first-order chi connectivity index (χ1) is 6.11. The molecule has 13 heavy (non-hydrogen) atoms. The lowest BCUT2D eigenvalue weighted by Gasteiger charge is -2.08. The maximum absolute atomic E-state index is 11.8. The van der Waals surface area contributed by atoms with E-state index in [0.29, 0.717) is 4.60 Å². The molecular formula is C7H7BrF2N2O. The highest BCUT2D eigenvalue weighted by atomic mass is 79.9. The van der Waals surface area contributed by atoms with Crippen LogP contribution >= 0.6 is 15.9 Å². The highest BCUT2D eigenvalue weighted by Crippen LogP contribution is 2.27. The molecule has 0 amide bonds. The maximum atomic E-state index is 11.8. The van der Waals surface area contributed by atoms with Gasteiger partial charge in [-0.1, -0.05) is 0 Å². The number of halogens is 3. The first kappa shape index (κ1) is 10.2. The van der Waals surface area contributed by atoms with Crippen LogP contribution < -0.4 is 10.5 Å². The molecule has 3 nitrogen and oxygen atoms in total. The summed E-state index contributed by atoms with van der Waals surface area (Å²) in [5.74, 6) is 0.210. The Balaban J connectivity index is 2.71. The molecule has 0 atom stereocenters. The molecule has 1 aromatic heterocycles. The molecule has 72 valence electrons. The van der Waals surface area contributed by atoms with Crippen LogP contribution in [0.5, 0.6) is 5.75 Å². The van der Waals surface area contributed by atoms with E-state index in [1.807, 2.05) is 0 Å². The molecule has 0 saturated heterocycles. The fourth-order valence-corrected chi connectivity index (χ4v) is 1.02. The molecule has 0 unspecified atom stereocenters. The Kier molecular flexibility index (Phi) is 3.41. The second-order valence-electron chi connectivity index (χ2n) is 2.22. The monoisotopic (exact) mass is 252 g/mol. The number of pyridine rings is 1. The fraction of sp³-hybridized carbons (Fsp3) is 0.286. The summed E-state index contributed by atoms with van der Waals surface area (Å²) in [4.78, 5) is 3.79. The summed E-state index contributed by atoms with van der Waals surface area (Å²) in [5.41, 5.74) is 5.71. The number of hydrogen-bond donors (Lipinski definition) is 1. The molecule has 2 N–H and O–H groups in total. The van der Waals surface area contributed by atoms with Crippen molar-refractivity contribution in [3.8, 4) is 5.75 Å². The van der Waals surface area contributed by atoms with E-state index in [9.17, 15) is 8.78 Å². The lowest BCUT2D eigenvalue weighted by Crippen LogP contribution is -2.08. The van der Waals surface area contributed by atoms with Crippen molar-refractivity contribution in [3.05, 3.63) is 16.9 Å². The Morgan fingerprint density at radius 3 is 2.92 bits per heavy atom. The van der Waals surface area contributed by atoms with Crippen LogP contribution in [0, 0.1) is 0 Å². The summed E-state index contributed by atoms with van der Waals surface area (Å²) in [6, 6.07) is 1.43. The van der Waals surface area contributed by atoms with Gasteiger partial charge in [0.15, 0.2) is 0 Å². The van der Waals surface area contributed by atoms with Gasteiger partial charge in [-0.25, -0.2) is 13.8 Å². The van der Waals surface area contributed by atoms with Crippen LogP contribution in [-0.2, 0) is 0 Å². The third-order valence-electron chi connectivity index (χ3n) is 1.27. The van der Waals surface area contributed by atoms with Crippen molar-refractivity contribution in [2.45, 2.75) is 6.43 Å². The van der Waals surface area contributed by atoms with E-state index < -0.39 is 13.0 Å². The quantitative estimate of drug-likeness (QED) is 0.839. The number of nitrogens with two attached hydrogens (primary N) is 1. The van der Waals surface area contributed by atoms with E-state index in [4.69, 9.17) is 10.5 Å². The summed E-state index contributed by atoms with van der Waals surface area (Å²) >= 11 is 3.05. The van der Waals surface area contributed by atoms with Crippen molar-refractivity contribution >= 4 is 21.6 Å². The number of hydrogen-bond acceptors (Lipinski definition) is 3. The molecule has 0 fully saturated rings. The average Bonchev–Trinajstić information content (AvgIpc) is 2.07. The topological polar surface area (TPSA) is 48.1 Å². The van der Waals surface area contributed by atoms with Crippen molar-refractivity contribution in [1.82, 2.24) is 4.98 Å². The van der Waals surface area contributed by atoms with Crippen LogP contribution in [0.25, 0.3) is 0 Å². The minimum absolute atomic E-state index is 0.210. The molecule has 0 radical (unpaired) electrons. The Bertz CT molecular complexity index is 296. The molecule has 0 aliphatic carbocycles. The number of anilines is 1. The highest BCUT2D eigenvalue weighted by molar-refractivity contribution is 9.10. The van der Waals surface area contributed by atoms with E-state index >= 15 is 0 Å². The van der Waals surface area contributed by atoms with E-state index in [-0.39, 0.29) is 11.4 Å². The molecular weight excluding hydrogens is 246 g/mol. The van der Waals surface area contributed by atoms with Gasteiger partial charge in [-0.3, -0.25) is 0 Å². The van der Waals surface area contributed by atoms with Crippen molar-refractivity contribution in [2.75, 3.05) is 12.3 Å². The predicted molar refractivity (Wildman–Crippen MR) is 47.8 cm³/mol. The molecule has 1 rings (SSSR count). The van der Waals surface area contributed by atoms with Crippen LogP contribution in [0.1, 0.15) is 0 Å². The first-order valence-corrected chi connectivity index (χ1v) is 4.21. The molecule has 0 aromatic carbocycles. The average molecular weight is 253 g/mol. The highest BCUT2D eigenvalue weighted by Gasteiger charge is 2.08. The Morgan fingerprint density at radius 2 is 2.31 bits per heavy atom. The summed E-state index contributed by atoms with van der Waals surface area (Å²) in [6.07, 6.45) is -1.09. The van der Waals surface area contributed by atoms with Crippen LogP contribution in [0.3, 0.4) is 0 Å². The van der Waals surface area contributed by atoms with Gasteiger partial charge in [0.25, 0.3) is 6.43 Å². The Morgan fingerprint density at radius 1 is 1.62 bits per heavy atom. The van der Waals surface area contributed by atoms with Crippen LogP contribution in [0.4, 0.5) is 14.5 Å². The van der Waals surface area contributed by atoms with Gasteiger partial charge >= 0.3 is 0 Å². The normalized spacial score (nSPS) is 10.5. The molecule has 0 saturated carbocycles. The van der Waals surface area contributed by atoms with Crippen LogP contribution in [-0.4, -0.2) is 18.0 Å². The standard InChI is InChI=1S/C7H7BrF2N2O/c8-7-6(11)4(1-2-12-7)13-3-5(9)10/h1-2,5H,3,11H2. The molecule has 0 aliphatic heterocycles. The predicted octanol–water partition coefficient (Wildman–Crippen LogP) is 2.07. The lowest BCUT2D eigenvalue weighted by atomic mass is 10.4. The number of rotatable bonds is 3. The van der Waals surface area contributed by atoms with E-state index in [1.54, 1.807) is 0 Å². The minimum Gasteiger partial charge on any atom is -0.485 e. The van der Waals surface area contributed by atoms with Crippen molar-refractivity contribution in [1.29, 1.82) is 0 Å². The number of alkyl halides is 2. The van der Waals surface area contributed by atoms with Crippen molar-refractivity contribution in [2.24, 2.45) is 0 Å². The van der Waals surface area contributed by atoms with E-state index in [0.717, 1.165) is 0 Å². The molecule has 6 heteroatoms. The zero-order chi connectivity index (χ0) is 9.84. The van der Waals surface area contributed by atoms with Crippen molar-refractivity contribution < 1.29 is 13.5 Å². The fourth-order valence-electron chi connectivity index (χ4n) is 0.710. The van der Waals surface area contributed by atoms with Gasteiger partial charge in [-0.05, 0) is 15.9 Å². The van der Waals surface area contributed by atoms with Gasteiger partial charge in [0.2, 0.25) is 0 Å². The van der Waals surface area contributed by atoms with Gasteiger partial charge in [0.1, 0.15) is 22.6 Å². The largest absolute Gasteiger partial charge is 0.485 e. The number of ether oxygens (including phenoxy) is 1. The smallest absolute Gasteiger partial charge is 0.272 e. The van der Waals surface area contributed by atoms with Gasteiger partial charge in [0.05, 0.1) is 0 Å². The third kappa shape index (κ3) is 2.80. The number of nitrogens with zero attached hydrogens (tertiary/aromatic N) is 1. The molecule has 1 aromatic rings. The van der Waals surface area contributed by atoms with Crippen molar-refractivity contribution in [3.63, 3.8) is 0 Å². The summed E-state index contributed by atoms with van der Waals surface area (Å²) in [5, 5.41) is 0. The second kappa shape index (κ2) is 4.36. The van der Waals surface area contributed by atoms with E-state index in [1.165, 1.54) is 12.3 Å². The summed E-state index contributed by atoms with van der Waals surface area (Å²) < 4.78 is 28.6. The van der Waals surface area contributed by atoms with Crippen LogP contribution in [0.2, 0.25) is 0 Å². The zero-order valence-corrected chi connectivity index (χ0v) is 8.09. The minimum atomic E-state index is -2.51. The maximum Gasteiger partial charge on any atom is 0.272 e. The van der Waals surface area contributed by atoms with Gasteiger partial charge < -0.3 is 10.5 Å². The molecule has 0 bridgehead atoms. The lowest BCUT2D eigenvalue weighted by molar-refractivity contribution is 0.0822.